The average Bonchev–Trinajstić information content (AvgIpc) is 3.91. The molecule has 12 aromatic rings. The predicted octanol–water partition coefficient (Wildman–Crippen LogP) is 15.3. The third-order valence-corrected chi connectivity index (χ3v) is 12.8. The van der Waals surface area contributed by atoms with Crippen molar-refractivity contribution in [1.29, 1.82) is 0 Å². The fourth-order valence-electron chi connectivity index (χ4n) is 8.69. The molecule has 0 bridgehead atoms. The molecule has 0 saturated heterocycles. The molecule has 0 atom stereocenters. The van der Waals surface area contributed by atoms with Crippen molar-refractivity contribution >= 4 is 64.2 Å². The number of aromatic nitrogens is 3. The van der Waals surface area contributed by atoms with Crippen LogP contribution in [0.2, 0.25) is 0 Å². The Kier molecular flexibility index (Phi) is 8.00. The number of thiophene rings is 1. The van der Waals surface area contributed by atoms with Crippen LogP contribution in [-0.4, -0.2) is 15.0 Å². The summed E-state index contributed by atoms with van der Waals surface area (Å²) in [4.78, 5) is 15.1. The van der Waals surface area contributed by atoms with Crippen molar-refractivity contribution in [2.45, 2.75) is 0 Å². The van der Waals surface area contributed by atoms with Gasteiger partial charge in [0.25, 0.3) is 0 Å². The summed E-state index contributed by atoms with van der Waals surface area (Å²) in [7, 11) is 0. The lowest BCUT2D eigenvalue weighted by molar-refractivity contribution is 0.673. The van der Waals surface area contributed by atoms with Crippen LogP contribution in [0.1, 0.15) is 0 Å². The number of hydrogen-bond acceptors (Lipinski definition) is 5. The first-order valence-corrected chi connectivity index (χ1v) is 20.9. The number of rotatable bonds is 6. The molecule has 0 aliphatic heterocycles. The van der Waals surface area contributed by atoms with Crippen molar-refractivity contribution in [3.8, 4) is 67.5 Å². The van der Waals surface area contributed by atoms with Crippen LogP contribution >= 0.6 is 11.3 Å². The summed E-state index contributed by atoms with van der Waals surface area (Å²) >= 11 is 1.86. The third kappa shape index (κ3) is 5.70. The minimum absolute atomic E-state index is 0.619. The molecule has 0 fully saturated rings. The molecule has 9 aromatic carbocycles. The number of furan rings is 1. The van der Waals surface area contributed by atoms with E-state index in [0.717, 1.165) is 66.3 Å². The molecular formula is C55H33N3OS. The van der Waals surface area contributed by atoms with E-state index in [1.165, 1.54) is 36.7 Å². The van der Waals surface area contributed by atoms with Crippen molar-refractivity contribution in [3.63, 3.8) is 0 Å². The Balaban J connectivity index is 0.997. The van der Waals surface area contributed by atoms with Crippen molar-refractivity contribution in [2.24, 2.45) is 0 Å². The van der Waals surface area contributed by atoms with E-state index in [4.69, 9.17) is 19.4 Å². The second kappa shape index (κ2) is 14.0. The molecular weight excluding hydrogens is 751 g/mol. The van der Waals surface area contributed by atoms with E-state index in [2.05, 4.69) is 164 Å². The van der Waals surface area contributed by atoms with E-state index in [-0.39, 0.29) is 0 Å². The van der Waals surface area contributed by atoms with Gasteiger partial charge in [-0.05, 0) is 57.5 Å². The molecule has 4 nitrogen and oxygen atoms in total. The molecule has 5 heteroatoms. The van der Waals surface area contributed by atoms with Gasteiger partial charge in [-0.3, -0.25) is 0 Å². The minimum Gasteiger partial charge on any atom is -0.455 e. The Bertz CT molecular complexity index is 3590. The van der Waals surface area contributed by atoms with Gasteiger partial charge in [0.05, 0.1) is 0 Å². The van der Waals surface area contributed by atoms with E-state index in [9.17, 15) is 0 Å². The summed E-state index contributed by atoms with van der Waals surface area (Å²) in [6.07, 6.45) is 0. The van der Waals surface area contributed by atoms with Crippen LogP contribution in [-0.2, 0) is 0 Å². The summed E-state index contributed by atoms with van der Waals surface area (Å²) < 4.78 is 9.37. The highest BCUT2D eigenvalue weighted by Gasteiger charge is 2.20. The predicted molar refractivity (Wildman–Crippen MR) is 250 cm³/mol. The van der Waals surface area contributed by atoms with E-state index >= 15 is 0 Å². The summed E-state index contributed by atoms with van der Waals surface area (Å²) in [5.74, 6) is 1.88. The SMILES string of the molecule is c1ccc(-c2cccc(-c3nc(-c4ccccc4)nc(-c4ccc(-c5cccc6oc7c8ccccc8c(-c8cccc9c8sc8ccccc89)cc7c56)cc4)n3)c2)cc1. The number of fused-ring (bicyclic) bond motifs is 8. The fourth-order valence-corrected chi connectivity index (χ4v) is 9.92. The molecule has 0 spiro atoms. The van der Waals surface area contributed by atoms with E-state index < -0.39 is 0 Å². The lowest BCUT2D eigenvalue weighted by Crippen LogP contribution is -2.00. The lowest BCUT2D eigenvalue weighted by atomic mass is 9.92. The van der Waals surface area contributed by atoms with E-state index in [1.807, 2.05) is 47.7 Å². The monoisotopic (exact) mass is 783 g/mol. The largest absolute Gasteiger partial charge is 0.455 e. The minimum atomic E-state index is 0.619. The zero-order chi connectivity index (χ0) is 39.6. The van der Waals surface area contributed by atoms with Gasteiger partial charge in [0.15, 0.2) is 17.5 Å². The molecule has 0 N–H and O–H groups in total. The summed E-state index contributed by atoms with van der Waals surface area (Å²) in [5.41, 5.74) is 11.4. The van der Waals surface area contributed by atoms with Gasteiger partial charge in [-0.1, -0.05) is 176 Å². The molecule has 12 rings (SSSR count). The topological polar surface area (TPSA) is 51.8 Å². The highest BCUT2D eigenvalue weighted by Crippen LogP contribution is 2.46. The first-order chi connectivity index (χ1) is 29.7. The van der Waals surface area contributed by atoms with Gasteiger partial charge in [-0.25, -0.2) is 15.0 Å². The molecule has 0 aliphatic rings. The van der Waals surface area contributed by atoms with Gasteiger partial charge in [0.1, 0.15) is 11.2 Å². The maximum Gasteiger partial charge on any atom is 0.164 e. The Hall–Kier alpha value is -7.73. The van der Waals surface area contributed by atoms with Crippen molar-refractivity contribution in [1.82, 2.24) is 15.0 Å². The molecule has 60 heavy (non-hydrogen) atoms. The summed E-state index contributed by atoms with van der Waals surface area (Å²) in [5, 5.41) is 7.07. The molecule has 0 amide bonds. The Labute approximate surface area is 349 Å². The summed E-state index contributed by atoms with van der Waals surface area (Å²) in [6.45, 7) is 0. The van der Waals surface area contributed by atoms with E-state index in [0.29, 0.717) is 17.5 Å². The maximum absolute atomic E-state index is 6.77. The van der Waals surface area contributed by atoms with Crippen LogP contribution in [0.25, 0.3) is 120 Å². The zero-order valence-electron chi connectivity index (χ0n) is 32.2. The van der Waals surface area contributed by atoms with Crippen LogP contribution in [0.3, 0.4) is 0 Å². The van der Waals surface area contributed by atoms with Crippen molar-refractivity contribution < 1.29 is 4.42 Å². The van der Waals surface area contributed by atoms with Crippen LogP contribution in [0.15, 0.2) is 205 Å². The Morgan fingerprint density at radius 1 is 0.333 bits per heavy atom. The van der Waals surface area contributed by atoms with Crippen LogP contribution in [0.5, 0.6) is 0 Å². The quantitative estimate of drug-likeness (QED) is 0.169. The second-order valence-electron chi connectivity index (χ2n) is 15.1. The number of benzene rings is 9. The molecule has 280 valence electrons. The van der Waals surface area contributed by atoms with Crippen LogP contribution in [0, 0.1) is 0 Å². The molecule has 0 unspecified atom stereocenters. The van der Waals surface area contributed by atoms with Crippen LogP contribution in [0.4, 0.5) is 0 Å². The van der Waals surface area contributed by atoms with Gasteiger partial charge in [-0.15, -0.1) is 11.3 Å². The van der Waals surface area contributed by atoms with Gasteiger partial charge >= 0.3 is 0 Å². The Morgan fingerprint density at radius 3 is 1.67 bits per heavy atom. The normalized spacial score (nSPS) is 11.7. The lowest BCUT2D eigenvalue weighted by Gasteiger charge is -2.11. The molecule has 3 aromatic heterocycles. The second-order valence-corrected chi connectivity index (χ2v) is 16.2. The average molecular weight is 784 g/mol. The number of nitrogens with zero attached hydrogens (tertiary/aromatic N) is 3. The first-order valence-electron chi connectivity index (χ1n) is 20.1. The standard InChI is InChI=1S/C55H33N3OS/c1-3-14-34(15-4-1)38-18-11-19-39(32-38)55-57-53(36-16-5-2-6-17-36)56-54(58-55)37-30-28-35(29-31-37)40-23-13-26-48-50(40)47-33-46(41-20-7-8-22-43(41)51(47)59-48)45-25-12-24-44-42-21-9-10-27-49(42)60-52(44)45/h1-33H. The highest BCUT2D eigenvalue weighted by atomic mass is 32.1. The van der Waals surface area contributed by atoms with Gasteiger partial charge in [-0.2, -0.15) is 0 Å². The molecule has 0 aliphatic carbocycles. The zero-order valence-corrected chi connectivity index (χ0v) is 33.0. The van der Waals surface area contributed by atoms with Crippen LogP contribution < -0.4 is 0 Å². The van der Waals surface area contributed by atoms with E-state index in [1.54, 1.807) is 0 Å². The maximum atomic E-state index is 6.77. The molecule has 0 radical (unpaired) electrons. The van der Waals surface area contributed by atoms with Gasteiger partial charge in [0, 0.05) is 58.6 Å². The third-order valence-electron chi connectivity index (χ3n) is 11.5. The van der Waals surface area contributed by atoms with Crippen molar-refractivity contribution in [3.05, 3.63) is 200 Å². The summed E-state index contributed by atoms with van der Waals surface area (Å²) in [6, 6.07) is 70.3. The molecule has 3 heterocycles. The first kappa shape index (κ1) is 34.3. The van der Waals surface area contributed by atoms with Crippen molar-refractivity contribution in [2.75, 3.05) is 0 Å². The molecule has 0 saturated carbocycles. The smallest absolute Gasteiger partial charge is 0.164 e. The number of hydrogen-bond donors (Lipinski definition) is 0. The highest BCUT2D eigenvalue weighted by molar-refractivity contribution is 7.26. The van der Waals surface area contributed by atoms with Gasteiger partial charge < -0.3 is 4.42 Å². The fraction of sp³-hybridized carbons (Fsp3) is 0. The Morgan fingerprint density at radius 2 is 0.883 bits per heavy atom. The van der Waals surface area contributed by atoms with Gasteiger partial charge in [0.2, 0.25) is 0 Å².